The van der Waals surface area contributed by atoms with Gasteiger partial charge in [-0.2, -0.15) is 80.8 Å². The predicted octanol–water partition coefficient (Wildman–Crippen LogP) is 19.6. The third-order valence-electron chi connectivity index (χ3n) is 21.0. The Kier molecular flexibility index (Phi) is 37.3. The van der Waals surface area contributed by atoms with E-state index in [1.165, 1.54) is 83.8 Å². The lowest BCUT2D eigenvalue weighted by atomic mass is 9.92. The Labute approximate surface area is 769 Å². The number of amides is 1. The lowest BCUT2D eigenvalue weighted by Crippen LogP contribution is -2.40. The highest BCUT2D eigenvalue weighted by Gasteiger charge is 2.46. The van der Waals surface area contributed by atoms with E-state index < -0.39 is 97.3 Å². The minimum absolute atomic E-state index is 0.0228. The fourth-order valence-corrected chi connectivity index (χ4v) is 16.0. The van der Waals surface area contributed by atoms with Gasteiger partial charge in [0.2, 0.25) is 17.8 Å². The summed E-state index contributed by atoms with van der Waals surface area (Å²) in [6, 6.07) is 21.9. The molecule has 131 heavy (non-hydrogen) atoms. The summed E-state index contributed by atoms with van der Waals surface area (Å²) in [5.74, 6) is 1.91. The van der Waals surface area contributed by atoms with Gasteiger partial charge in [-0.3, -0.25) is 4.90 Å². The number of halogens is 20. The summed E-state index contributed by atoms with van der Waals surface area (Å²) in [5.41, 5.74) is 19.3. The minimum Gasteiger partial charge on any atom is -0.444 e. The number of hydrogen-bond donors (Lipinski definition) is 8. The second-order valence-electron chi connectivity index (χ2n) is 32.1. The zero-order valence-electron chi connectivity index (χ0n) is 71.4. The lowest BCUT2D eigenvalue weighted by Gasteiger charge is -2.32. The van der Waals surface area contributed by atoms with Crippen molar-refractivity contribution in [2.24, 2.45) is 0 Å². The van der Waals surface area contributed by atoms with E-state index in [0.717, 1.165) is 31.4 Å². The van der Waals surface area contributed by atoms with Crippen LogP contribution in [-0.2, 0) is 28.4 Å². The number of nitrogen functional groups attached to an aromatic ring is 3. The number of nitrogens with zero attached hydrogens (tertiary/aromatic N) is 10. The van der Waals surface area contributed by atoms with E-state index in [4.69, 9.17) is 104 Å². The molecule has 11 N–H and O–H groups in total. The van der Waals surface area contributed by atoms with Crippen LogP contribution in [0.2, 0.25) is 25.1 Å². The van der Waals surface area contributed by atoms with E-state index in [-0.39, 0.29) is 104 Å². The molecule has 0 aliphatic carbocycles. The van der Waals surface area contributed by atoms with Gasteiger partial charge in [0.05, 0.1) is 57.2 Å². The molecule has 5 aliphatic rings. The quantitative estimate of drug-likeness (QED) is 0.0497. The highest BCUT2D eigenvalue weighted by Crippen LogP contribution is 2.46. The van der Waals surface area contributed by atoms with Crippen LogP contribution < -0.4 is 31.9 Å². The van der Waals surface area contributed by atoms with Crippen molar-refractivity contribution in [3.8, 4) is 0 Å². The number of hydrogen-bond acceptors (Lipinski definition) is 24. The predicted molar refractivity (Wildman–Crippen MR) is 461 cm³/mol. The summed E-state index contributed by atoms with van der Waals surface area (Å²) in [6.45, 7) is 16.1. The number of alkyl halides is 15. The number of anilines is 6. The molecule has 0 radical (unpaired) electrons. The largest absolute Gasteiger partial charge is 0.444 e. The molecule has 0 spiro atoms. The van der Waals surface area contributed by atoms with Gasteiger partial charge in [0.1, 0.15) is 23.1 Å². The maximum absolute atomic E-state index is 13.0. The summed E-state index contributed by atoms with van der Waals surface area (Å²) in [7, 11) is 0. The van der Waals surface area contributed by atoms with Crippen molar-refractivity contribution in [3.05, 3.63) is 207 Å². The zero-order chi connectivity index (χ0) is 96.6. The molecule has 0 saturated carbocycles. The van der Waals surface area contributed by atoms with E-state index in [1.807, 2.05) is 14.7 Å². The van der Waals surface area contributed by atoms with Gasteiger partial charge < -0.3 is 85.9 Å². The van der Waals surface area contributed by atoms with Crippen molar-refractivity contribution >= 4 is 99.4 Å². The van der Waals surface area contributed by atoms with E-state index in [9.17, 15) is 96.2 Å². The third-order valence-corrected chi connectivity index (χ3v) is 22.7. The van der Waals surface area contributed by atoms with Crippen molar-refractivity contribution in [2.75, 3.05) is 124 Å². The average molecular weight is 1970 g/mol. The van der Waals surface area contributed by atoms with Crippen LogP contribution in [0.5, 0.6) is 0 Å². The summed E-state index contributed by atoms with van der Waals surface area (Å²) in [4.78, 5) is 44.7. The van der Waals surface area contributed by atoms with Crippen molar-refractivity contribution < 1.29 is 125 Å². The van der Waals surface area contributed by atoms with Crippen molar-refractivity contribution in [1.82, 2.24) is 34.8 Å². The van der Waals surface area contributed by atoms with Gasteiger partial charge in [-0.05, 0) is 190 Å². The first-order chi connectivity index (χ1) is 61.3. The Hall–Kier alpha value is -8.59. The Morgan fingerprint density at radius 1 is 0.366 bits per heavy atom. The molecule has 1 amide bonds. The van der Waals surface area contributed by atoms with Gasteiger partial charge in [0.15, 0.2) is 30.5 Å². The number of aliphatic hydroxyl groups is 5. The molecule has 5 aromatic carbocycles. The Morgan fingerprint density at radius 2 is 0.618 bits per heavy atom. The maximum atomic E-state index is 13.0. The second kappa shape index (κ2) is 46.1. The first kappa shape index (κ1) is 106. The number of aromatic nitrogens is 6. The molecule has 10 unspecified atom stereocenters. The highest BCUT2D eigenvalue weighted by atomic mass is 35.5. The van der Waals surface area contributed by atoms with Crippen LogP contribution in [0.4, 0.5) is 106 Å². The number of carbonyl (C=O) groups excluding carboxylic acids is 1. The fourth-order valence-electron chi connectivity index (χ4n) is 14.8. The number of ether oxygens (including phenoxy) is 6. The molecule has 25 nitrogen and oxygen atoms in total. The first-order valence-electron chi connectivity index (χ1n) is 41.0. The molecule has 720 valence electrons. The van der Waals surface area contributed by atoms with Crippen LogP contribution in [0, 0.1) is 20.8 Å². The topological polar surface area (TPSA) is 342 Å². The first-order valence-corrected chi connectivity index (χ1v) is 42.9. The monoisotopic (exact) mass is 1970 g/mol. The third kappa shape index (κ3) is 30.0. The number of aryl methyl sites for hydroxylation is 3. The molecule has 45 heteroatoms. The summed E-state index contributed by atoms with van der Waals surface area (Å²) >= 11 is 31.2. The standard InChI is InChI=1S/3C18H20ClF3N4O2.C18H23ClF3NO4.C14H16ClF3O2/c3*1-10-7-15(25-17(23)24-10)26-5-2-6-28-9-14(26)12-8-11(3-4-13(12)19)16(27)18(20,21)22;1-17(2,3)27-16(25)23-7-4-8-26-10-14(23)12-9-11(5-6-13(12)19)15(24)18(20,21)22;15-12-5-4-9(13(19)14(16,17)18)7-11(12)10-3-1-2-6-20-8-10/h3*3-4,7-8,14,16,27H,2,5-6,9H2,1H3,(H2,23,24,25);5-6,9,14-15,24H,4,7-8,10H2,1-3H3;4-5,7,10,13,19H,1-3,6,8H2. The van der Waals surface area contributed by atoms with E-state index in [2.05, 4.69) is 29.9 Å². The highest BCUT2D eigenvalue weighted by molar-refractivity contribution is 6.32. The van der Waals surface area contributed by atoms with Crippen LogP contribution in [0.15, 0.2) is 109 Å². The van der Waals surface area contributed by atoms with Crippen LogP contribution in [-0.4, -0.2) is 195 Å². The van der Waals surface area contributed by atoms with Gasteiger partial charge >= 0.3 is 37.0 Å². The lowest BCUT2D eigenvalue weighted by molar-refractivity contribution is -0.207. The maximum Gasteiger partial charge on any atom is 0.418 e. The molecule has 13 rings (SSSR count). The average Bonchev–Trinajstić information content (AvgIpc) is 1.75. The number of rotatable bonds is 13. The Morgan fingerprint density at radius 3 is 0.901 bits per heavy atom. The van der Waals surface area contributed by atoms with Gasteiger partial charge in [-0.1, -0.05) is 101 Å². The molecular formula is C86H99Cl5F15N13O12. The van der Waals surface area contributed by atoms with Crippen LogP contribution in [0.3, 0.4) is 0 Å². The van der Waals surface area contributed by atoms with E-state index >= 15 is 0 Å². The number of nitrogens with two attached hydrogens (primary N) is 3. The molecular weight excluding hydrogens is 1870 g/mol. The van der Waals surface area contributed by atoms with E-state index in [0.29, 0.717) is 153 Å². The summed E-state index contributed by atoms with van der Waals surface area (Å²) in [5, 5.41) is 49.2. The number of benzene rings is 5. The van der Waals surface area contributed by atoms with Crippen molar-refractivity contribution in [2.45, 2.75) is 184 Å². The SMILES string of the molecule is CC(C)(C)OC(=O)N1CCCOCC1c1cc(C(O)C(F)(F)F)ccc1Cl.Cc1cc(N2CCCOCC2c2cc(C(O)C(F)(F)F)ccc2Cl)nc(N)n1.Cc1cc(N2CCCOCC2c2cc(C(O)C(F)(F)F)ccc2Cl)nc(N)n1.Cc1cc(N2CCCOCC2c2cc(C(O)C(F)(F)F)ccc2Cl)nc(N)n1.OC(c1ccc(Cl)c(C2CCCCOC2)c1)C(F)(F)F. The Balaban J connectivity index is 0.000000185. The number of carbonyl (C=O) groups is 1. The van der Waals surface area contributed by atoms with Crippen LogP contribution in [0.1, 0.15) is 199 Å². The summed E-state index contributed by atoms with van der Waals surface area (Å²) in [6.07, 6.45) is -32.0. The molecule has 3 aromatic heterocycles. The fraction of sp³-hybridized carbons (Fsp3) is 0.500. The normalized spacial score (nSPS) is 20.0. The molecule has 8 heterocycles. The Bertz CT molecular complexity index is 4720. The summed E-state index contributed by atoms with van der Waals surface area (Å²) < 4.78 is 226. The smallest absolute Gasteiger partial charge is 0.418 e. The molecule has 5 aliphatic heterocycles. The molecule has 10 atom stereocenters. The van der Waals surface area contributed by atoms with Gasteiger partial charge in [0.25, 0.3) is 0 Å². The van der Waals surface area contributed by atoms with Crippen molar-refractivity contribution in [3.63, 3.8) is 0 Å². The van der Waals surface area contributed by atoms with Crippen LogP contribution in [0.25, 0.3) is 0 Å². The van der Waals surface area contributed by atoms with Crippen molar-refractivity contribution in [1.29, 1.82) is 0 Å². The molecule has 5 fully saturated rings. The molecule has 5 saturated heterocycles. The minimum atomic E-state index is -4.81. The molecule has 8 aromatic rings. The second-order valence-corrected chi connectivity index (χ2v) is 34.1. The number of aliphatic hydroxyl groups excluding tert-OH is 5. The van der Waals surface area contributed by atoms with Gasteiger partial charge in [0, 0.05) is 126 Å². The van der Waals surface area contributed by atoms with Crippen LogP contribution >= 0.6 is 58.0 Å². The van der Waals surface area contributed by atoms with Gasteiger partial charge in [-0.25, -0.2) is 19.7 Å². The zero-order valence-corrected chi connectivity index (χ0v) is 75.2. The molecule has 0 bridgehead atoms. The van der Waals surface area contributed by atoms with E-state index in [1.54, 1.807) is 59.7 Å². The van der Waals surface area contributed by atoms with Gasteiger partial charge in [-0.15, -0.1) is 0 Å².